The van der Waals surface area contributed by atoms with Crippen LogP contribution in [0.2, 0.25) is 0 Å². The fraction of sp³-hybridized carbons (Fsp3) is 0.143. The van der Waals surface area contributed by atoms with Crippen molar-refractivity contribution in [2.75, 3.05) is 0 Å². The van der Waals surface area contributed by atoms with Gasteiger partial charge in [-0.05, 0) is 38.1 Å². The predicted molar refractivity (Wildman–Crippen MR) is 85.6 cm³/mol. The average molecular weight is 428 g/mol. The topological polar surface area (TPSA) is 140 Å². The van der Waals surface area contributed by atoms with Crippen LogP contribution >= 0.6 is 0 Å². The molecule has 0 fully saturated rings. The van der Waals surface area contributed by atoms with Crippen LogP contribution in [-0.2, 0) is 39.7 Å². The Morgan fingerprint density at radius 2 is 0.833 bits per heavy atom. The Morgan fingerprint density at radius 1 is 0.625 bits per heavy atom. The largest absolute Gasteiger partial charge is 0.412 e. The zero-order valence-corrected chi connectivity index (χ0v) is 17.8. The van der Waals surface area contributed by atoms with Gasteiger partial charge >= 0.3 is 0 Å². The third kappa shape index (κ3) is 8.63. The van der Waals surface area contributed by atoms with E-state index in [1.165, 1.54) is 24.3 Å². The van der Waals surface area contributed by atoms with Gasteiger partial charge in [0.2, 0.25) is 0 Å². The van der Waals surface area contributed by atoms with Gasteiger partial charge in [0.05, 0.1) is 9.79 Å². The van der Waals surface area contributed by atoms with E-state index >= 15 is 0 Å². The molecule has 2 rings (SSSR count). The Kier molecular flexibility index (Phi) is 10.4. The molecule has 0 aliphatic carbocycles. The molecule has 0 heterocycles. The van der Waals surface area contributed by atoms with Crippen LogP contribution in [0, 0.1) is 13.8 Å². The van der Waals surface area contributed by atoms with E-state index in [0.717, 1.165) is 11.1 Å². The monoisotopic (exact) mass is 426 g/mol. The van der Waals surface area contributed by atoms with Crippen molar-refractivity contribution in [1.29, 1.82) is 0 Å². The SMILES string of the molecule is Cc1ccc(S(=O)(=O)O)cc1.Cc1ccc(S(=O)(=O)O)cc1.O.[Zn]. The summed E-state index contributed by atoms with van der Waals surface area (Å²) in [6.07, 6.45) is 0. The van der Waals surface area contributed by atoms with E-state index in [4.69, 9.17) is 9.11 Å². The van der Waals surface area contributed by atoms with Gasteiger partial charge in [-0.1, -0.05) is 35.4 Å². The first-order valence-corrected chi connectivity index (χ1v) is 8.96. The first kappa shape index (κ1) is 25.1. The van der Waals surface area contributed by atoms with Gasteiger partial charge < -0.3 is 5.48 Å². The molecular formula is C14H18O7S2Zn. The van der Waals surface area contributed by atoms with Gasteiger partial charge in [0.15, 0.2) is 0 Å². The van der Waals surface area contributed by atoms with Crippen molar-refractivity contribution < 1.29 is 50.9 Å². The van der Waals surface area contributed by atoms with E-state index in [9.17, 15) is 16.8 Å². The zero-order chi connectivity index (χ0) is 17.0. The molecule has 130 valence electrons. The summed E-state index contributed by atoms with van der Waals surface area (Å²) >= 11 is 0. The Balaban J connectivity index is 0. The molecule has 0 saturated carbocycles. The normalized spacial score (nSPS) is 10.5. The molecule has 4 N–H and O–H groups in total. The van der Waals surface area contributed by atoms with Gasteiger partial charge in [0, 0.05) is 19.5 Å². The van der Waals surface area contributed by atoms with E-state index in [0.29, 0.717) is 0 Å². The van der Waals surface area contributed by atoms with Crippen LogP contribution in [0.4, 0.5) is 0 Å². The molecule has 2 aromatic rings. The number of benzene rings is 2. The predicted octanol–water partition coefficient (Wildman–Crippen LogP) is 1.66. The summed E-state index contributed by atoms with van der Waals surface area (Å²) < 4.78 is 59.1. The number of aryl methyl sites for hydroxylation is 2. The molecule has 0 unspecified atom stereocenters. The molecule has 0 radical (unpaired) electrons. The minimum atomic E-state index is -4.02. The average Bonchev–Trinajstić information content (AvgIpc) is 2.38. The van der Waals surface area contributed by atoms with E-state index in [2.05, 4.69) is 0 Å². The third-order valence-electron chi connectivity index (χ3n) is 2.64. The number of rotatable bonds is 2. The smallest absolute Gasteiger partial charge is 0.294 e. The van der Waals surface area contributed by atoms with Crippen LogP contribution in [-0.4, -0.2) is 31.4 Å². The standard InChI is InChI=1S/2C7H8O3S.H2O.Zn/c2*1-6-2-4-7(5-3-6)11(8,9)10;;/h2*2-5H,1H3,(H,8,9,10);1H2;. The molecule has 0 aliphatic heterocycles. The number of hydrogen-bond donors (Lipinski definition) is 2. The summed E-state index contributed by atoms with van der Waals surface area (Å²) in [6, 6.07) is 12.0. The van der Waals surface area contributed by atoms with E-state index < -0.39 is 20.2 Å². The van der Waals surface area contributed by atoms with Crippen molar-refractivity contribution in [2.45, 2.75) is 23.6 Å². The van der Waals surface area contributed by atoms with Crippen LogP contribution in [0.1, 0.15) is 11.1 Å². The van der Waals surface area contributed by atoms with Gasteiger partial charge in [0.25, 0.3) is 20.2 Å². The van der Waals surface area contributed by atoms with Crippen LogP contribution in [0.3, 0.4) is 0 Å². The molecule has 24 heavy (non-hydrogen) atoms. The molecule has 0 atom stereocenters. The summed E-state index contributed by atoms with van der Waals surface area (Å²) in [6.45, 7) is 3.68. The first-order valence-electron chi connectivity index (χ1n) is 6.08. The van der Waals surface area contributed by atoms with Crippen LogP contribution in [0.25, 0.3) is 0 Å². The second kappa shape index (κ2) is 9.98. The van der Waals surface area contributed by atoms with E-state index in [1.807, 2.05) is 13.8 Å². The molecule has 0 aliphatic rings. The molecule has 0 amide bonds. The second-order valence-corrected chi connectivity index (χ2v) is 7.42. The van der Waals surface area contributed by atoms with Crippen molar-refractivity contribution in [3.05, 3.63) is 59.7 Å². The molecule has 0 aromatic heterocycles. The molecule has 10 heteroatoms. The first-order chi connectivity index (χ1) is 10.00. The van der Waals surface area contributed by atoms with Crippen molar-refractivity contribution >= 4 is 20.2 Å². The molecule has 0 saturated heterocycles. The molecule has 7 nitrogen and oxygen atoms in total. The van der Waals surface area contributed by atoms with Gasteiger partial charge in [-0.25, -0.2) is 0 Å². The van der Waals surface area contributed by atoms with Crippen molar-refractivity contribution in [1.82, 2.24) is 0 Å². The molecule has 2 aromatic carbocycles. The Morgan fingerprint density at radius 3 is 1.00 bits per heavy atom. The van der Waals surface area contributed by atoms with Gasteiger partial charge in [-0.15, -0.1) is 0 Å². The maximum Gasteiger partial charge on any atom is 0.294 e. The maximum atomic E-state index is 10.5. The minimum Gasteiger partial charge on any atom is -0.412 e. The summed E-state index contributed by atoms with van der Waals surface area (Å²) in [7, 11) is -8.04. The Bertz CT molecular complexity index is 754. The molecule has 0 spiro atoms. The zero-order valence-electron chi connectivity index (χ0n) is 13.2. The van der Waals surface area contributed by atoms with Gasteiger partial charge in [-0.3, -0.25) is 9.11 Å². The van der Waals surface area contributed by atoms with Crippen LogP contribution in [0.5, 0.6) is 0 Å². The Labute approximate surface area is 154 Å². The fourth-order valence-corrected chi connectivity index (χ4v) is 2.38. The quantitative estimate of drug-likeness (QED) is 0.551. The van der Waals surface area contributed by atoms with Crippen LogP contribution < -0.4 is 0 Å². The third-order valence-corrected chi connectivity index (χ3v) is 4.37. The summed E-state index contributed by atoms with van der Waals surface area (Å²) in [4.78, 5) is -0.133. The molecule has 0 bridgehead atoms. The summed E-state index contributed by atoms with van der Waals surface area (Å²) in [5.41, 5.74) is 1.91. The summed E-state index contributed by atoms with van der Waals surface area (Å²) in [5, 5.41) is 0. The maximum absolute atomic E-state index is 10.5. The van der Waals surface area contributed by atoms with Crippen molar-refractivity contribution in [3.63, 3.8) is 0 Å². The van der Waals surface area contributed by atoms with Crippen molar-refractivity contribution in [2.24, 2.45) is 0 Å². The van der Waals surface area contributed by atoms with Crippen LogP contribution in [0.15, 0.2) is 58.3 Å². The summed E-state index contributed by atoms with van der Waals surface area (Å²) in [5.74, 6) is 0. The van der Waals surface area contributed by atoms with Gasteiger partial charge in [-0.2, -0.15) is 16.8 Å². The second-order valence-electron chi connectivity index (χ2n) is 4.58. The van der Waals surface area contributed by atoms with E-state index in [-0.39, 0.29) is 34.7 Å². The van der Waals surface area contributed by atoms with E-state index in [1.54, 1.807) is 24.3 Å². The fourth-order valence-electron chi connectivity index (χ4n) is 1.42. The molecular weight excluding hydrogens is 410 g/mol. The minimum absolute atomic E-state index is 0. The van der Waals surface area contributed by atoms with Gasteiger partial charge in [0.1, 0.15) is 0 Å². The Hall–Kier alpha value is -1.16. The van der Waals surface area contributed by atoms with Crippen molar-refractivity contribution in [3.8, 4) is 0 Å². The number of hydrogen-bond acceptors (Lipinski definition) is 4.